The summed E-state index contributed by atoms with van der Waals surface area (Å²) >= 11 is 0. The number of hydrogen-bond acceptors (Lipinski definition) is 2. The fraction of sp³-hybridized carbons (Fsp3) is 0.133. The van der Waals surface area contributed by atoms with Crippen molar-refractivity contribution in [2.75, 3.05) is 5.43 Å². The average molecular weight is 348 g/mol. The Morgan fingerprint density at radius 3 is 2.12 bits per heavy atom. The zero-order chi connectivity index (χ0) is 18.0. The maximum absolute atomic E-state index is 12.8. The van der Waals surface area contributed by atoms with E-state index in [0.29, 0.717) is 6.07 Å². The normalized spacial score (nSPS) is 11.9. The maximum Gasteiger partial charge on any atom is 0.418 e. The Hall–Kier alpha value is -2.71. The Bertz CT molecular complexity index is 739. The Balaban J connectivity index is 2.15. The van der Waals surface area contributed by atoms with E-state index in [-0.39, 0.29) is 5.56 Å². The third-order valence-corrected chi connectivity index (χ3v) is 3.00. The Morgan fingerprint density at radius 1 is 0.833 bits per heavy atom. The van der Waals surface area contributed by atoms with E-state index >= 15 is 0 Å². The first-order valence-electron chi connectivity index (χ1n) is 6.49. The molecule has 0 aromatic heterocycles. The van der Waals surface area contributed by atoms with Crippen LogP contribution < -0.4 is 10.9 Å². The fourth-order valence-electron chi connectivity index (χ4n) is 1.87. The largest absolute Gasteiger partial charge is 0.418 e. The monoisotopic (exact) mass is 348 g/mol. The quantitative estimate of drug-likeness (QED) is 0.634. The number of carbonyl (C=O) groups excluding carboxylic acids is 1. The van der Waals surface area contributed by atoms with Gasteiger partial charge in [0.15, 0.2) is 0 Å². The van der Waals surface area contributed by atoms with Crippen molar-refractivity contribution < 1.29 is 31.1 Å². The molecule has 0 radical (unpaired) electrons. The van der Waals surface area contributed by atoms with Gasteiger partial charge in [0, 0.05) is 5.56 Å². The first kappa shape index (κ1) is 17.6. The summed E-state index contributed by atoms with van der Waals surface area (Å²) in [6, 6.07) is 7.89. The third-order valence-electron chi connectivity index (χ3n) is 3.00. The first-order chi connectivity index (χ1) is 11.1. The van der Waals surface area contributed by atoms with Crippen molar-refractivity contribution in [3.63, 3.8) is 0 Å². The standard InChI is InChI=1S/C15H10F6N2O/c16-14(17,18)10-5-3-4-9(8-10)13(24)23-22-12-7-2-1-6-11(12)15(19,20)21/h1-8,22H,(H,23,24). The summed E-state index contributed by atoms with van der Waals surface area (Å²) in [5, 5.41) is 0. The van der Waals surface area contributed by atoms with E-state index in [2.05, 4.69) is 5.43 Å². The zero-order valence-corrected chi connectivity index (χ0v) is 11.8. The number of alkyl halides is 6. The van der Waals surface area contributed by atoms with Crippen molar-refractivity contribution >= 4 is 11.6 Å². The van der Waals surface area contributed by atoms with Crippen LogP contribution in [0.15, 0.2) is 48.5 Å². The lowest BCUT2D eigenvalue weighted by molar-refractivity contribution is -0.138. The number of anilines is 1. The number of halogens is 6. The van der Waals surface area contributed by atoms with E-state index in [1.165, 1.54) is 12.1 Å². The van der Waals surface area contributed by atoms with Gasteiger partial charge in [0.1, 0.15) is 0 Å². The lowest BCUT2D eigenvalue weighted by Crippen LogP contribution is -2.30. The molecule has 2 rings (SSSR count). The SMILES string of the molecule is O=C(NNc1ccccc1C(F)(F)F)c1cccc(C(F)(F)F)c1. The number of rotatable bonds is 3. The van der Waals surface area contributed by atoms with Crippen LogP contribution in [0.25, 0.3) is 0 Å². The van der Waals surface area contributed by atoms with Crippen molar-refractivity contribution in [2.24, 2.45) is 0 Å². The van der Waals surface area contributed by atoms with Crippen LogP contribution in [0.3, 0.4) is 0 Å². The first-order valence-corrected chi connectivity index (χ1v) is 6.49. The van der Waals surface area contributed by atoms with Crippen LogP contribution in [-0.4, -0.2) is 5.91 Å². The van der Waals surface area contributed by atoms with Crippen LogP contribution in [0.1, 0.15) is 21.5 Å². The summed E-state index contributed by atoms with van der Waals surface area (Å²) in [5.41, 5.74) is 1.20. The highest BCUT2D eigenvalue weighted by Gasteiger charge is 2.33. The molecule has 0 aliphatic heterocycles. The van der Waals surface area contributed by atoms with Gasteiger partial charge in [0.25, 0.3) is 5.91 Å². The lowest BCUT2D eigenvalue weighted by atomic mass is 10.1. The molecule has 128 valence electrons. The molecule has 0 aliphatic carbocycles. The maximum atomic E-state index is 12.8. The number of para-hydroxylation sites is 1. The van der Waals surface area contributed by atoms with Crippen LogP contribution in [0.5, 0.6) is 0 Å². The molecular formula is C15H10F6N2O. The molecule has 9 heteroatoms. The highest BCUT2D eigenvalue weighted by atomic mass is 19.4. The molecule has 0 atom stereocenters. The predicted octanol–water partition coefficient (Wildman–Crippen LogP) is 4.48. The van der Waals surface area contributed by atoms with E-state index in [9.17, 15) is 31.1 Å². The van der Waals surface area contributed by atoms with E-state index in [4.69, 9.17) is 0 Å². The number of nitrogens with one attached hydrogen (secondary N) is 2. The summed E-state index contributed by atoms with van der Waals surface area (Å²) in [6.45, 7) is 0. The molecule has 2 aromatic carbocycles. The fourth-order valence-corrected chi connectivity index (χ4v) is 1.87. The van der Waals surface area contributed by atoms with Crippen molar-refractivity contribution in [3.8, 4) is 0 Å². The zero-order valence-electron chi connectivity index (χ0n) is 11.8. The minimum atomic E-state index is -4.65. The molecule has 0 saturated heterocycles. The van der Waals surface area contributed by atoms with Crippen LogP contribution in [-0.2, 0) is 12.4 Å². The van der Waals surface area contributed by atoms with Crippen LogP contribution in [0, 0.1) is 0 Å². The molecule has 0 bridgehead atoms. The van der Waals surface area contributed by atoms with E-state index in [0.717, 1.165) is 30.3 Å². The molecule has 2 aromatic rings. The van der Waals surface area contributed by atoms with Crippen LogP contribution >= 0.6 is 0 Å². The topological polar surface area (TPSA) is 41.1 Å². The number of hydrazine groups is 1. The van der Waals surface area contributed by atoms with Gasteiger partial charge >= 0.3 is 12.4 Å². The summed E-state index contributed by atoms with van der Waals surface area (Å²) in [7, 11) is 0. The number of carbonyl (C=O) groups is 1. The molecule has 0 aliphatic rings. The smallest absolute Gasteiger partial charge is 0.298 e. The average Bonchev–Trinajstić information content (AvgIpc) is 2.51. The molecule has 3 nitrogen and oxygen atoms in total. The van der Waals surface area contributed by atoms with Gasteiger partial charge in [-0.15, -0.1) is 0 Å². The molecule has 24 heavy (non-hydrogen) atoms. The molecule has 0 heterocycles. The van der Waals surface area contributed by atoms with Gasteiger partial charge < -0.3 is 0 Å². The van der Waals surface area contributed by atoms with E-state index < -0.39 is 35.1 Å². The van der Waals surface area contributed by atoms with Gasteiger partial charge in [-0.3, -0.25) is 15.6 Å². The van der Waals surface area contributed by atoms with Gasteiger partial charge in [-0.25, -0.2) is 0 Å². The molecule has 1 amide bonds. The lowest BCUT2D eigenvalue weighted by Gasteiger charge is -2.15. The van der Waals surface area contributed by atoms with Gasteiger partial charge in [-0.05, 0) is 30.3 Å². The second kappa shape index (κ2) is 6.42. The minimum absolute atomic E-state index is 0.346. The van der Waals surface area contributed by atoms with Gasteiger partial charge in [-0.1, -0.05) is 18.2 Å². The van der Waals surface area contributed by atoms with Crippen molar-refractivity contribution in [2.45, 2.75) is 12.4 Å². The minimum Gasteiger partial charge on any atom is -0.298 e. The molecule has 0 unspecified atom stereocenters. The van der Waals surface area contributed by atoms with Crippen LogP contribution in [0.4, 0.5) is 32.0 Å². The number of hydrogen-bond donors (Lipinski definition) is 2. The van der Waals surface area contributed by atoms with Crippen molar-refractivity contribution in [1.82, 2.24) is 5.43 Å². The third kappa shape index (κ3) is 4.18. The highest BCUT2D eigenvalue weighted by Crippen LogP contribution is 2.34. The van der Waals surface area contributed by atoms with Gasteiger partial charge in [0.2, 0.25) is 0 Å². The Morgan fingerprint density at radius 2 is 1.50 bits per heavy atom. The Kier molecular flexibility index (Phi) is 4.72. The summed E-state index contributed by atoms with van der Waals surface area (Å²) in [4.78, 5) is 11.8. The summed E-state index contributed by atoms with van der Waals surface area (Å²) in [6.07, 6.45) is -9.28. The molecular weight excluding hydrogens is 338 g/mol. The summed E-state index contributed by atoms with van der Waals surface area (Å²) < 4.78 is 76.2. The summed E-state index contributed by atoms with van der Waals surface area (Å²) in [5.74, 6) is -1.00. The van der Waals surface area contributed by atoms with E-state index in [1.807, 2.05) is 5.43 Å². The highest BCUT2D eigenvalue weighted by molar-refractivity contribution is 5.95. The Labute approximate surface area is 132 Å². The second-order valence-corrected chi connectivity index (χ2v) is 4.70. The van der Waals surface area contributed by atoms with Crippen LogP contribution in [0.2, 0.25) is 0 Å². The van der Waals surface area contributed by atoms with E-state index in [1.54, 1.807) is 0 Å². The van der Waals surface area contributed by atoms with Gasteiger partial charge in [-0.2, -0.15) is 26.3 Å². The van der Waals surface area contributed by atoms with Crippen molar-refractivity contribution in [3.05, 3.63) is 65.2 Å². The molecule has 0 fully saturated rings. The predicted molar refractivity (Wildman–Crippen MR) is 74.0 cm³/mol. The molecule has 0 spiro atoms. The molecule has 2 N–H and O–H groups in total. The second-order valence-electron chi connectivity index (χ2n) is 4.70. The number of benzene rings is 2. The molecule has 0 saturated carbocycles. The van der Waals surface area contributed by atoms with Gasteiger partial charge in [0.05, 0.1) is 16.8 Å². The number of amides is 1. The van der Waals surface area contributed by atoms with Crippen molar-refractivity contribution in [1.29, 1.82) is 0 Å².